The number of benzene rings is 1. The van der Waals surface area contributed by atoms with Crippen LogP contribution in [0, 0.1) is 13.8 Å². The molecule has 140 valence electrons. The van der Waals surface area contributed by atoms with Gasteiger partial charge in [-0.25, -0.2) is 0 Å². The van der Waals surface area contributed by atoms with Crippen LogP contribution in [0.3, 0.4) is 0 Å². The van der Waals surface area contributed by atoms with Crippen molar-refractivity contribution in [3.63, 3.8) is 0 Å². The third kappa shape index (κ3) is 5.08. The smallest absolute Gasteiger partial charge is 0.193 e. The van der Waals surface area contributed by atoms with Gasteiger partial charge in [0.15, 0.2) is 5.96 Å². The number of anilines is 1. The molecular weight excluding hydrogens is 427 g/mol. The van der Waals surface area contributed by atoms with E-state index in [1.807, 2.05) is 0 Å². The van der Waals surface area contributed by atoms with Crippen molar-refractivity contribution < 1.29 is 4.74 Å². The Hall–Kier alpha value is -0.860. The Bertz CT molecular complexity index is 593. The Labute approximate surface area is 168 Å². The van der Waals surface area contributed by atoms with Crippen molar-refractivity contribution in [3.05, 3.63) is 29.3 Å². The Kier molecular flexibility index (Phi) is 7.51. The Morgan fingerprint density at radius 1 is 1.20 bits per heavy atom. The van der Waals surface area contributed by atoms with E-state index in [0.29, 0.717) is 5.96 Å². The molecule has 5 nitrogen and oxygen atoms in total. The number of aryl methyl sites for hydroxylation is 2. The van der Waals surface area contributed by atoms with Gasteiger partial charge in [0.05, 0.1) is 6.54 Å². The van der Waals surface area contributed by atoms with E-state index >= 15 is 0 Å². The van der Waals surface area contributed by atoms with Crippen LogP contribution in [0.5, 0.6) is 0 Å². The maximum Gasteiger partial charge on any atom is 0.193 e. The minimum absolute atomic E-state index is 0. The molecule has 0 spiro atoms. The van der Waals surface area contributed by atoms with Crippen molar-refractivity contribution in [2.24, 2.45) is 10.7 Å². The fraction of sp³-hybridized carbons (Fsp3) is 0.632. The summed E-state index contributed by atoms with van der Waals surface area (Å²) in [4.78, 5) is 7.31. The molecule has 0 aliphatic carbocycles. The van der Waals surface area contributed by atoms with Gasteiger partial charge in [-0.2, -0.15) is 0 Å². The van der Waals surface area contributed by atoms with Gasteiger partial charge in [-0.3, -0.25) is 9.89 Å². The van der Waals surface area contributed by atoms with Gasteiger partial charge in [0, 0.05) is 24.4 Å². The number of aliphatic imine (C=N–C) groups is 1. The molecular formula is C19H31IN4O. The summed E-state index contributed by atoms with van der Waals surface area (Å²) in [5.41, 5.74) is 9.83. The lowest BCUT2D eigenvalue weighted by Gasteiger charge is -2.43. The van der Waals surface area contributed by atoms with Crippen molar-refractivity contribution in [2.75, 3.05) is 38.2 Å². The Morgan fingerprint density at radius 3 is 2.52 bits per heavy atom. The summed E-state index contributed by atoms with van der Waals surface area (Å²) >= 11 is 0. The summed E-state index contributed by atoms with van der Waals surface area (Å²) < 4.78 is 5.59. The summed E-state index contributed by atoms with van der Waals surface area (Å²) in [5.74, 6) is 0.503. The third-order valence-electron chi connectivity index (χ3n) is 5.52. The molecule has 0 unspecified atom stereocenters. The van der Waals surface area contributed by atoms with Gasteiger partial charge in [0.1, 0.15) is 0 Å². The van der Waals surface area contributed by atoms with Gasteiger partial charge in [-0.1, -0.05) is 6.07 Å². The molecule has 0 atom stereocenters. The number of guanidine groups is 1. The molecule has 1 aromatic rings. The fourth-order valence-corrected chi connectivity index (χ4v) is 3.76. The van der Waals surface area contributed by atoms with Crippen molar-refractivity contribution in [1.82, 2.24) is 4.90 Å². The van der Waals surface area contributed by atoms with Crippen LogP contribution in [0.15, 0.2) is 23.2 Å². The average molecular weight is 458 g/mol. The molecule has 3 rings (SSSR count). The zero-order valence-electron chi connectivity index (χ0n) is 15.4. The molecule has 2 aliphatic rings. The van der Waals surface area contributed by atoms with Crippen molar-refractivity contribution in [3.8, 4) is 0 Å². The standard InChI is InChI=1S/C19H30N4O.HI/c1-15-5-6-17(13-16(15)2)22-18(20)21-14-19(7-11-24-12-8-19)23-9-3-4-10-23;/h5-6,13H,3-4,7-12,14H2,1-2H3,(H3,20,21,22);1H. The minimum atomic E-state index is 0. The van der Waals surface area contributed by atoms with E-state index in [4.69, 9.17) is 15.5 Å². The quantitative estimate of drug-likeness (QED) is 0.413. The maximum absolute atomic E-state index is 6.16. The first-order valence-electron chi connectivity index (χ1n) is 9.06. The molecule has 2 heterocycles. The number of likely N-dealkylation sites (tertiary alicyclic amines) is 1. The molecule has 0 aromatic heterocycles. The first kappa shape index (κ1) is 20.5. The van der Waals surface area contributed by atoms with Gasteiger partial charge in [0.25, 0.3) is 0 Å². The summed E-state index contributed by atoms with van der Waals surface area (Å²) in [7, 11) is 0. The molecule has 25 heavy (non-hydrogen) atoms. The number of nitrogens with one attached hydrogen (secondary N) is 1. The second-order valence-corrected chi connectivity index (χ2v) is 7.16. The van der Waals surface area contributed by atoms with E-state index in [1.54, 1.807) is 0 Å². The Balaban J connectivity index is 0.00000225. The van der Waals surface area contributed by atoms with Crippen LogP contribution in [0.1, 0.15) is 36.8 Å². The van der Waals surface area contributed by atoms with Gasteiger partial charge >= 0.3 is 0 Å². The molecule has 0 saturated carbocycles. The largest absolute Gasteiger partial charge is 0.381 e. The summed E-state index contributed by atoms with van der Waals surface area (Å²) in [6, 6.07) is 6.27. The van der Waals surface area contributed by atoms with E-state index in [9.17, 15) is 0 Å². The van der Waals surface area contributed by atoms with E-state index < -0.39 is 0 Å². The van der Waals surface area contributed by atoms with Gasteiger partial charge in [-0.05, 0) is 75.9 Å². The van der Waals surface area contributed by atoms with Crippen molar-refractivity contribution in [2.45, 2.75) is 45.1 Å². The van der Waals surface area contributed by atoms with Gasteiger partial charge in [-0.15, -0.1) is 24.0 Å². The number of nitrogens with two attached hydrogens (primary N) is 1. The topological polar surface area (TPSA) is 62.9 Å². The first-order valence-corrected chi connectivity index (χ1v) is 9.06. The summed E-state index contributed by atoms with van der Waals surface area (Å²) in [6.07, 6.45) is 4.69. The normalized spacial score (nSPS) is 21.0. The minimum Gasteiger partial charge on any atom is -0.381 e. The molecule has 2 aliphatic heterocycles. The Morgan fingerprint density at radius 2 is 1.88 bits per heavy atom. The highest BCUT2D eigenvalue weighted by molar-refractivity contribution is 14.0. The number of hydrogen-bond donors (Lipinski definition) is 2. The summed E-state index contributed by atoms with van der Waals surface area (Å²) in [6.45, 7) is 8.99. The summed E-state index contributed by atoms with van der Waals surface area (Å²) in [5, 5.41) is 3.24. The van der Waals surface area contributed by atoms with Crippen LogP contribution < -0.4 is 11.1 Å². The molecule has 0 amide bonds. The zero-order chi connectivity index (χ0) is 17.0. The number of nitrogens with zero attached hydrogens (tertiary/aromatic N) is 2. The predicted octanol–water partition coefficient (Wildman–Crippen LogP) is 3.29. The molecule has 2 fully saturated rings. The molecule has 1 aromatic carbocycles. The number of ether oxygens (including phenoxy) is 1. The average Bonchev–Trinajstić information content (AvgIpc) is 3.13. The maximum atomic E-state index is 6.16. The van der Waals surface area contributed by atoms with Crippen molar-refractivity contribution >= 4 is 35.6 Å². The lowest BCUT2D eigenvalue weighted by Crippen LogP contribution is -2.53. The zero-order valence-corrected chi connectivity index (χ0v) is 17.7. The first-order chi connectivity index (χ1) is 11.6. The monoisotopic (exact) mass is 458 g/mol. The molecule has 2 saturated heterocycles. The van der Waals surface area contributed by atoms with E-state index in [2.05, 4.69) is 42.3 Å². The predicted molar refractivity (Wildman–Crippen MR) is 115 cm³/mol. The SMILES string of the molecule is Cc1ccc(NC(N)=NCC2(N3CCCC3)CCOCC2)cc1C.I. The van der Waals surface area contributed by atoms with Crippen LogP contribution in [-0.2, 0) is 4.74 Å². The van der Waals surface area contributed by atoms with Crippen LogP contribution in [0.4, 0.5) is 5.69 Å². The highest BCUT2D eigenvalue weighted by atomic mass is 127. The fourth-order valence-electron chi connectivity index (χ4n) is 3.76. The molecule has 0 radical (unpaired) electrons. The van der Waals surface area contributed by atoms with E-state index in [-0.39, 0.29) is 29.5 Å². The van der Waals surface area contributed by atoms with Gasteiger partial charge in [0.2, 0.25) is 0 Å². The lowest BCUT2D eigenvalue weighted by atomic mass is 9.88. The number of rotatable bonds is 4. The number of halogens is 1. The highest BCUT2D eigenvalue weighted by Crippen LogP contribution is 2.31. The van der Waals surface area contributed by atoms with Gasteiger partial charge < -0.3 is 15.8 Å². The second-order valence-electron chi connectivity index (χ2n) is 7.16. The van der Waals surface area contributed by atoms with E-state index in [1.165, 1.54) is 37.1 Å². The highest BCUT2D eigenvalue weighted by Gasteiger charge is 2.39. The van der Waals surface area contributed by atoms with Crippen LogP contribution in [-0.4, -0.2) is 49.2 Å². The van der Waals surface area contributed by atoms with E-state index in [0.717, 1.165) is 38.3 Å². The molecule has 0 bridgehead atoms. The van der Waals surface area contributed by atoms with Crippen LogP contribution in [0.2, 0.25) is 0 Å². The van der Waals surface area contributed by atoms with Crippen LogP contribution in [0.25, 0.3) is 0 Å². The van der Waals surface area contributed by atoms with Crippen molar-refractivity contribution in [1.29, 1.82) is 0 Å². The van der Waals surface area contributed by atoms with Crippen LogP contribution >= 0.6 is 24.0 Å². The second kappa shape index (κ2) is 9.19. The molecule has 3 N–H and O–H groups in total. The third-order valence-corrected chi connectivity index (χ3v) is 5.52. The number of hydrogen-bond acceptors (Lipinski definition) is 3. The molecule has 6 heteroatoms. The lowest BCUT2D eigenvalue weighted by molar-refractivity contribution is -0.0138.